The van der Waals surface area contributed by atoms with E-state index in [0.29, 0.717) is 33.5 Å². The molecule has 0 bridgehead atoms. The Morgan fingerprint density at radius 2 is 1.88 bits per heavy atom. The van der Waals surface area contributed by atoms with Crippen LogP contribution in [-0.4, -0.2) is 24.0 Å². The molecule has 0 aliphatic heterocycles. The van der Waals surface area contributed by atoms with Crippen LogP contribution >= 0.6 is 22.9 Å². The van der Waals surface area contributed by atoms with Crippen LogP contribution in [0.2, 0.25) is 5.02 Å². The molecule has 0 aliphatic carbocycles. The summed E-state index contributed by atoms with van der Waals surface area (Å²) in [6.45, 7) is 2.23. The number of para-hydroxylation sites is 1. The number of aryl methyl sites for hydroxylation is 1. The summed E-state index contributed by atoms with van der Waals surface area (Å²) in [5, 5.41) is 9.32. The number of thiazole rings is 1. The summed E-state index contributed by atoms with van der Waals surface area (Å²) in [6, 6.07) is 17.7. The molecule has 0 radical (unpaired) electrons. The van der Waals surface area contributed by atoms with Crippen LogP contribution in [0.4, 0.5) is 15.6 Å². The Balaban J connectivity index is 1.42. The van der Waals surface area contributed by atoms with Gasteiger partial charge in [-0.15, -0.1) is 0 Å². The van der Waals surface area contributed by atoms with Crippen molar-refractivity contribution in [1.29, 1.82) is 0 Å². The Morgan fingerprint density at radius 3 is 2.67 bits per heavy atom. The van der Waals surface area contributed by atoms with Crippen molar-refractivity contribution in [2.45, 2.75) is 13.5 Å². The lowest BCUT2D eigenvalue weighted by molar-refractivity contribution is 0.102. The standard InChI is InChI=1S/C24H21ClN4O3S/c1-14-5-3-8-18(25)21(14)28-22(30)16-9-10-19-20(12-16)33-24(27-19)29-23(31)26-13-15-6-4-7-17(11-15)32-2/h3-12H,13H2,1-2H3,(H,28,30)(H2,26,27,29,31). The maximum Gasteiger partial charge on any atom is 0.321 e. The van der Waals surface area contributed by atoms with Gasteiger partial charge < -0.3 is 15.4 Å². The van der Waals surface area contributed by atoms with E-state index in [2.05, 4.69) is 20.9 Å². The molecule has 0 aliphatic rings. The molecule has 0 atom stereocenters. The summed E-state index contributed by atoms with van der Waals surface area (Å²) in [4.78, 5) is 29.5. The number of fused-ring (bicyclic) bond motifs is 1. The molecule has 0 spiro atoms. The van der Waals surface area contributed by atoms with Gasteiger partial charge in [-0.05, 0) is 54.4 Å². The Hall–Kier alpha value is -3.62. The van der Waals surface area contributed by atoms with Gasteiger partial charge in [-0.2, -0.15) is 0 Å². The number of halogens is 1. The number of methoxy groups -OCH3 is 1. The van der Waals surface area contributed by atoms with Gasteiger partial charge in [0.2, 0.25) is 0 Å². The first-order chi connectivity index (χ1) is 15.9. The molecule has 3 aromatic carbocycles. The van der Waals surface area contributed by atoms with E-state index in [0.717, 1.165) is 21.6 Å². The minimum Gasteiger partial charge on any atom is -0.497 e. The zero-order chi connectivity index (χ0) is 23.4. The van der Waals surface area contributed by atoms with Crippen LogP contribution in [0.5, 0.6) is 5.75 Å². The number of hydrogen-bond donors (Lipinski definition) is 3. The van der Waals surface area contributed by atoms with Crippen molar-refractivity contribution in [1.82, 2.24) is 10.3 Å². The summed E-state index contributed by atoms with van der Waals surface area (Å²) >= 11 is 7.50. The molecule has 0 saturated carbocycles. The molecule has 0 unspecified atom stereocenters. The highest BCUT2D eigenvalue weighted by Gasteiger charge is 2.13. The van der Waals surface area contributed by atoms with Gasteiger partial charge in [0, 0.05) is 12.1 Å². The lowest BCUT2D eigenvalue weighted by Crippen LogP contribution is -2.28. The highest BCUT2D eigenvalue weighted by Crippen LogP contribution is 2.29. The van der Waals surface area contributed by atoms with Crippen molar-refractivity contribution < 1.29 is 14.3 Å². The molecule has 0 fully saturated rings. The molecule has 3 amide bonds. The van der Waals surface area contributed by atoms with Crippen LogP contribution in [0, 0.1) is 6.92 Å². The van der Waals surface area contributed by atoms with Crippen LogP contribution in [-0.2, 0) is 6.54 Å². The summed E-state index contributed by atoms with van der Waals surface area (Å²) in [6.07, 6.45) is 0. The Bertz CT molecular complexity index is 1320. The summed E-state index contributed by atoms with van der Waals surface area (Å²) in [5.41, 5.74) is 3.54. The number of anilines is 2. The predicted octanol–water partition coefficient (Wildman–Crippen LogP) is 5.84. The Kier molecular flexibility index (Phi) is 6.76. The van der Waals surface area contributed by atoms with Crippen molar-refractivity contribution in [3.8, 4) is 5.75 Å². The fraction of sp³-hybridized carbons (Fsp3) is 0.125. The number of nitrogens with zero attached hydrogens (tertiary/aromatic N) is 1. The molecule has 4 aromatic rings. The summed E-state index contributed by atoms with van der Waals surface area (Å²) in [5.74, 6) is 0.456. The lowest BCUT2D eigenvalue weighted by atomic mass is 10.1. The van der Waals surface area contributed by atoms with Gasteiger partial charge in [0.25, 0.3) is 5.91 Å². The van der Waals surface area contributed by atoms with Gasteiger partial charge in [0.1, 0.15) is 5.75 Å². The first-order valence-electron chi connectivity index (χ1n) is 10.1. The number of amides is 3. The van der Waals surface area contributed by atoms with E-state index in [1.165, 1.54) is 11.3 Å². The third-order valence-corrected chi connectivity index (χ3v) is 6.17. The fourth-order valence-corrected chi connectivity index (χ4v) is 4.37. The largest absolute Gasteiger partial charge is 0.497 e. The lowest BCUT2D eigenvalue weighted by Gasteiger charge is -2.10. The number of benzene rings is 3. The number of carbonyl (C=O) groups excluding carboxylic acids is 2. The number of ether oxygens (including phenoxy) is 1. The van der Waals surface area contributed by atoms with Crippen molar-refractivity contribution in [2.75, 3.05) is 17.7 Å². The molecule has 7 nitrogen and oxygen atoms in total. The molecule has 1 aromatic heterocycles. The second kappa shape index (κ2) is 9.89. The van der Waals surface area contributed by atoms with Crippen LogP contribution in [0.25, 0.3) is 10.2 Å². The monoisotopic (exact) mass is 480 g/mol. The molecule has 3 N–H and O–H groups in total. The van der Waals surface area contributed by atoms with Crippen LogP contribution in [0.1, 0.15) is 21.5 Å². The number of urea groups is 1. The third-order valence-electron chi connectivity index (χ3n) is 4.92. The van der Waals surface area contributed by atoms with Gasteiger partial charge in [0.15, 0.2) is 5.13 Å². The van der Waals surface area contributed by atoms with Crippen LogP contribution in [0.15, 0.2) is 60.7 Å². The maximum absolute atomic E-state index is 12.7. The fourth-order valence-electron chi connectivity index (χ4n) is 3.20. The maximum atomic E-state index is 12.7. The van der Waals surface area contributed by atoms with E-state index in [1.54, 1.807) is 31.4 Å². The number of rotatable bonds is 6. The molecule has 1 heterocycles. The quantitative estimate of drug-likeness (QED) is 0.323. The number of hydrogen-bond acceptors (Lipinski definition) is 5. The van der Waals surface area contributed by atoms with Crippen molar-refractivity contribution in [3.05, 3.63) is 82.4 Å². The zero-order valence-corrected chi connectivity index (χ0v) is 19.5. The average Bonchev–Trinajstić information content (AvgIpc) is 3.21. The minimum absolute atomic E-state index is 0.271. The summed E-state index contributed by atoms with van der Waals surface area (Å²) < 4.78 is 5.97. The molecular weight excluding hydrogens is 460 g/mol. The normalized spacial score (nSPS) is 10.6. The third kappa shape index (κ3) is 5.42. The molecule has 168 valence electrons. The van der Waals surface area contributed by atoms with E-state index < -0.39 is 0 Å². The second-order valence-corrected chi connectivity index (χ2v) is 8.68. The van der Waals surface area contributed by atoms with Gasteiger partial charge in [-0.1, -0.05) is 47.2 Å². The van der Waals surface area contributed by atoms with E-state index in [1.807, 2.05) is 43.3 Å². The predicted molar refractivity (Wildman–Crippen MR) is 133 cm³/mol. The van der Waals surface area contributed by atoms with Gasteiger partial charge in [-0.25, -0.2) is 9.78 Å². The SMILES string of the molecule is COc1cccc(CNC(=O)Nc2nc3ccc(C(=O)Nc4c(C)cccc4Cl)cc3s2)c1. The molecular formula is C24H21ClN4O3S. The molecule has 4 rings (SSSR count). The van der Waals surface area contributed by atoms with Crippen LogP contribution in [0.3, 0.4) is 0 Å². The molecule has 0 saturated heterocycles. The van der Waals surface area contributed by atoms with Gasteiger partial charge >= 0.3 is 6.03 Å². The summed E-state index contributed by atoms with van der Waals surface area (Å²) in [7, 11) is 1.60. The average molecular weight is 481 g/mol. The number of nitrogens with one attached hydrogen (secondary N) is 3. The second-order valence-electron chi connectivity index (χ2n) is 7.25. The first kappa shape index (κ1) is 22.6. The van der Waals surface area contributed by atoms with Gasteiger partial charge in [0.05, 0.1) is 28.0 Å². The van der Waals surface area contributed by atoms with Crippen molar-refractivity contribution in [3.63, 3.8) is 0 Å². The topological polar surface area (TPSA) is 92.3 Å². The minimum atomic E-state index is -0.371. The van der Waals surface area contributed by atoms with E-state index >= 15 is 0 Å². The van der Waals surface area contributed by atoms with Gasteiger partial charge in [-0.3, -0.25) is 10.1 Å². The number of aromatic nitrogens is 1. The molecule has 9 heteroatoms. The van der Waals surface area contributed by atoms with E-state index in [-0.39, 0.29) is 11.9 Å². The highest BCUT2D eigenvalue weighted by atomic mass is 35.5. The van der Waals surface area contributed by atoms with E-state index in [9.17, 15) is 9.59 Å². The Labute approximate surface area is 199 Å². The van der Waals surface area contributed by atoms with E-state index in [4.69, 9.17) is 16.3 Å². The van der Waals surface area contributed by atoms with Crippen molar-refractivity contribution >= 4 is 55.9 Å². The van der Waals surface area contributed by atoms with Crippen LogP contribution < -0.4 is 20.7 Å². The highest BCUT2D eigenvalue weighted by molar-refractivity contribution is 7.22. The first-order valence-corrected chi connectivity index (χ1v) is 11.3. The Morgan fingerprint density at radius 1 is 1.06 bits per heavy atom. The van der Waals surface area contributed by atoms with Crippen molar-refractivity contribution in [2.24, 2.45) is 0 Å². The number of carbonyl (C=O) groups is 2. The smallest absolute Gasteiger partial charge is 0.321 e. The molecule has 33 heavy (non-hydrogen) atoms. The zero-order valence-electron chi connectivity index (χ0n) is 17.9.